The Labute approximate surface area is 152 Å². The number of fused-ring (bicyclic) bond motifs is 4. The van der Waals surface area contributed by atoms with Crippen LogP contribution in [-0.4, -0.2) is 25.5 Å². The molecule has 0 atom stereocenters. The maximum absolute atomic E-state index is 13.1. The molecule has 130 valence electrons. The summed E-state index contributed by atoms with van der Waals surface area (Å²) in [4.78, 5) is 34.5. The van der Waals surface area contributed by atoms with E-state index in [1.807, 2.05) is 24.3 Å². The molecule has 1 aromatic carbocycles. The van der Waals surface area contributed by atoms with Gasteiger partial charge in [0.15, 0.2) is 11.4 Å². The molecule has 0 bridgehead atoms. The molecule has 1 N–H and O–H groups in total. The molecule has 0 radical (unpaired) electrons. The van der Waals surface area contributed by atoms with Crippen LogP contribution in [0.1, 0.15) is 36.2 Å². The van der Waals surface area contributed by atoms with E-state index in [4.69, 9.17) is 0 Å². The molecule has 0 saturated heterocycles. The summed E-state index contributed by atoms with van der Waals surface area (Å²) in [6, 6.07) is 7.77. The highest BCUT2D eigenvalue weighted by molar-refractivity contribution is 7.20. The number of benzene rings is 1. The van der Waals surface area contributed by atoms with Gasteiger partial charge in [-0.15, -0.1) is 0 Å². The predicted octanol–water partition coefficient (Wildman–Crippen LogP) is 3.48. The zero-order chi connectivity index (χ0) is 18.1. The van der Waals surface area contributed by atoms with Crippen molar-refractivity contribution in [1.82, 2.24) is 19.7 Å². The first-order valence-electron chi connectivity index (χ1n) is 8.45. The number of Topliss-reactive ketones (excluding diaryl/α,β-unsaturated/α-hetero) is 1. The number of carbonyl (C=O) groups excluding carboxylic acids is 1. The largest absolute Gasteiger partial charge is 0.294 e. The van der Waals surface area contributed by atoms with Crippen LogP contribution in [0.5, 0.6) is 0 Å². The molecule has 5 rings (SSSR count). The number of ketones is 1. The normalized spacial score (nSPS) is 16.3. The van der Waals surface area contributed by atoms with E-state index in [9.17, 15) is 9.59 Å². The molecular formula is C19H16N4O2S. The molecule has 0 aliphatic heterocycles. The van der Waals surface area contributed by atoms with Gasteiger partial charge in [-0.1, -0.05) is 37.3 Å². The van der Waals surface area contributed by atoms with Crippen LogP contribution in [0.3, 0.4) is 0 Å². The summed E-state index contributed by atoms with van der Waals surface area (Å²) in [7, 11) is 0. The minimum atomic E-state index is -0.200. The third kappa shape index (κ3) is 2.17. The molecule has 0 saturated carbocycles. The minimum absolute atomic E-state index is 0.0535. The van der Waals surface area contributed by atoms with Crippen molar-refractivity contribution >= 4 is 38.4 Å². The number of pyridine rings is 1. The number of para-hydroxylation sites is 1. The lowest BCUT2D eigenvalue weighted by Gasteiger charge is -2.29. The van der Waals surface area contributed by atoms with Crippen LogP contribution >= 0.6 is 11.3 Å². The molecule has 3 heterocycles. The Bertz CT molecular complexity index is 1230. The average Bonchev–Trinajstić information content (AvgIpc) is 3.14. The van der Waals surface area contributed by atoms with Crippen LogP contribution < -0.4 is 5.56 Å². The summed E-state index contributed by atoms with van der Waals surface area (Å²) >= 11 is 1.44. The Kier molecular flexibility index (Phi) is 3.04. The van der Waals surface area contributed by atoms with Gasteiger partial charge in [0.1, 0.15) is 0 Å². The van der Waals surface area contributed by atoms with E-state index in [2.05, 4.69) is 28.9 Å². The first kappa shape index (κ1) is 15.5. The Hall–Kier alpha value is -2.80. The summed E-state index contributed by atoms with van der Waals surface area (Å²) in [6.45, 7) is 4.11. The molecule has 26 heavy (non-hydrogen) atoms. The second kappa shape index (κ2) is 5.11. The third-order valence-corrected chi connectivity index (χ3v) is 5.91. The van der Waals surface area contributed by atoms with E-state index in [0.29, 0.717) is 34.6 Å². The number of aromatic nitrogens is 4. The maximum atomic E-state index is 13.1. The summed E-state index contributed by atoms with van der Waals surface area (Å²) in [5, 5.41) is 4.14. The molecule has 0 spiro atoms. The molecule has 3 aromatic heterocycles. The molecule has 6 nitrogen and oxygen atoms in total. The molecule has 0 amide bonds. The van der Waals surface area contributed by atoms with Crippen LogP contribution in [0.15, 0.2) is 35.3 Å². The van der Waals surface area contributed by atoms with Crippen LogP contribution in [0.4, 0.5) is 0 Å². The fourth-order valence-electron chi connectivity index (χ4n) is 3.72. The van der Waals surface area contributed by atoms with E-state index >= 15 is 0 Å². The van der Waals surface area contributed by atoms with Gasteiger partial charge in [-0.2, -0.15) is 4.68 Å². The Morgan fingerprint density at radius 2 is 2.00 bits per heavy atom. The highest BCUT2D eigenvalue weighted by Gasteiger charge is 2.33. The van der Waals surface area contributed by atoms with Gasteiger partial charge >= 0.3 is 0 Å². The number of aromatic amines is 1. The number of carbonyl (C=O) groups is 1. The van der Waals surface area contributed by atoms with Crippen molar-refractivity contribution in [2.45, 2.75) is 26.7 Å². The molecule has 1 aliphatic carbocycles. The number of hydrogen-bond acceptors (Lipinski definition) is 5. The summed E-state index contributed by atoms with van der Waals surface area (Å²) < 4.78 is 2.45. The zero-order valence-electron chi connectivity index (χ0n) is 14.4. The van der Waals surface area contributed by atoms with Gasteiger partial charge in [-0.25, -0.2) is 9.97 Å². The van der Waals surface area contributed by atoms with Gasteiger partial charge in [0.2, 0.25) is 5.13 Å². The Balaban J connectivity index is 1.78. The first-order chi connectivity index (χ1) is 12.4. The summed E-state index contributed by atoms with van der Waals surface area (Å²) in [5.74, 6) is 0.0535. The standard InChI is InChI=1S/C19H16N4O2S/c1-19(2)7-10-11(13(24)8-19)9-20-16-15(10)17(25)23(22-16)18-21-12-5-3-4-6-14(12)26-18/h3-6,9H,7-8H2,1-2H3,(H,20,22). The lowest BCUT2D eigenvalue weighted by atomic mass is 9.73. The molecular weight excluding hydrogens is 348 g/mol. The van der Waals surface area contributed by atoms with Crippen LogP contribution in [0.25, 0.3) is 26.4 Å². The van der Waals surface area contributed by atoms with Crippen molar-refractivity contribution in [3.05, 3.63) is 51.9 Å². The van der Waals surface area contributed by atoms with Gasteiger partial charge in [0, 0.05) is 18.2 Å². The zero-order valence-corrected chi connectivity index (χ0v) is 15.2. The second-order valence-electron chi connectivity index (χ2n) is 7.53. The number of nitrogens with zero attached hydrogens (tertiary/aromatic N) is 3. The monoisotopic (exact) mass is 364 g/mol. The molecule has 0 fully saturated rings. The molecule has 0 unspecified atom stereocenters. The summed E-state index contributed by atoms with van der Waals surface area (Å²) in [6.07, 6.45) is 2.75. The molecule has 1 aliphatic rings. The van der Waals surface area contributed by atoms with Gasteiger partial charge in [-0.05, 0) is 29.5 Å². The maximum Gasteiger partial charge on any atom is 0.283 e. The Morgan fingerprint density at radius 1 is 1.19 bits per heavy atom. The van der Waals surface area contributed by atoms with E-state index < -0.39 is 0 Å². The van der Waals surface area contributed by atoms with Crippen LogP contribution in [-0.2, 0) is 6.42 Å². The number of H-pyrrole nitrogens is 1. The highest BCUT2D eigenvalue weighted by Crippen LogP contribution is 2.36. The van der Waals surface area contributed by atoms with Gasteiger partial charge in [0.25, 0.3) is 5.56 Å². The lowest BCUT2D eigenvalue weighted by Crippen LogP contribution is -2.28. The number of hydrogen-bond donors (Lipinski definition) is 1. The number of rotatable bonds is 1. The van der Waals surface area contributed by atoms with Crippen LogP contribution in [0.2, 0.25) is 0 Å². The van der Waals surface area contributed by atoms with Gasteiger partial charge < -0.3 is 0 Å². The van der Waals surface area contributed by atoms with E-state index in [0.717, 1.165) is 15.8 Å². The fourth-order valence-corrected chi connectivity index (χ4v) is 4.64. The first-order valence-corrected chi connectivity index (χ1v) is 9.26. The quantitative estimate of drug-likeness (QED) is 0.561. The van der Waals surface area contributed by atoms with E-state index in [1.165, 1.54) is 16.0 Å². The highest BCUT2D eigenvalue weighted by atomic mass is 32.1. The van der Waals surface area contributed by atoms with E-state index in [-0.39, 0.29) is 16.8 Å². The van der Waals surface area contributed by atoms with E-state index in [1.54, 1.807) is 6.20 Å². The number of nitrogens with one attached hydrogen (secondary N) is 1. The Morgan fingerprint density at radius 3 is 2.81 bits per heavy atom. The average molecular weight is 364 g/mol. The predicted molar refractivity (Wildman–Crippen MR) is 101 cm³/mol. The fraction of sp³-hybridized carbons (Fsp3) is 0.263. The van der Waals surface area contributed by atoms with Crippen molar-refractivity contribution in [2.75, 3.05) is 0 Å². The van der Waals surface area contributed by atoms with Gasteiger partial charge in [0.05, 0.1) is 15.6 Å². The van der Waals surface area contributed by atoms with Crippen molar-refractivity contribution in [3.8, 4) is 5.13 Å². The van der Waals surface area contributed by atoms with Crippen molar-refractivity contribution < 1.29 is 4.79 Å². The van der Waals surface area contributed by atoms with Crippen molar-refractivity contribution in [3.63, 3.8) is 0 Å². The van der Waals surface area contributed by atoms with Crippen molar-refractivity contribution in [2.24, 2.45) is 5.41 Å². The van der Waals surface area contributed by atoms with Crippen molar-refractivity contribution in [1.29, 1.82) is 0 Å². The molecule has 7 heteroatoms. The molecule has 4 aromatic rings. The van der Waals surface area contributed by atoms with Crippen LogP contribution in [0, 0.1) is 5.41 Å². The topological polar surface area (TPSA) is 80.6 Å². The second-order valence-corrected chi connectivity index (χ2v) is 8.54. The SMILES string of the molecule is CC1(C)CC(=O)c2cnc3[nH]n(-c4nc5ccccc5s4)c(=O)c3c2C1. The minimum Gasteiger partial charge on any atom is -0.294 e. The number of thiazole rings is 1. The summed E-state index contributed by atoms with van der Waals surface area (Å²) in [5.41, 5.74) is 2.36. The third-order valence-electron chi connectivity index (χ3n) is 4.89. The van der Waals surface area contributed by atoms with Gasteiger partial charge in [-0.3, -0.25) is 14.7 Å². The smallest absolute Gasteiger partial charge is 0.283 e. The lowest BCUT2D eigenvalue weighted by molar-refractivity contribution is 0.0912.